The Morgan fingerprint density at radius 1 is 1.03 bits per heavy atom. The van der Waals surface area contributed by atoms with Gasteiger partial charge in [0, 0.05) is 25.7 Å². The number of rotatable bonds is 6. The number of nitrogens with zero attached hydrogens (tertiary/aromatic N) is 2. The van der Waals surface area contributed by atoms with E-state index in [-0.39, 0.29) is 29.5 Å². The molecule has 1 aliphatic rings. The van der Waals surface area contributed by atoms with Gasteiger partial charge in [-0.15, -0.1) is 0 Å². The summed E-state index contributed by atoms with van der Waals surface area (Å²) >= 11 is 0. The van der Waals surface area contributed by atoms with Crippen LogP contribution in [0.2, 0.25) is 0 Å². The lowest BCUT2D eigenvalue weighted by Gasteiger charge is -2.20. The third-order valence-electron chi connectivity index (χ3n) is 5.52. The number of amides is 2. The van der Waals surface area contributed by atoms with Crippen molar-refractivity contribution in [3.8, 4) is 0 Å². The van der Waals surface area contributed by atoms with E-state index in [1.807, 2.05) is 0 Å². The summed E-state index contributed by atoms with van der Waals surface area (Å²) in [5.41, 5.74) is 0.929. The van der Waals surface area contributed by atoms with Crippen LogP contribution in [0.25, 0.3) is 0 Å². The van der Waals surface area contributed by atoms with E-state index in [0.717, 1.165) is 4.31 Å². The molecule has 1 unspecified atom stereocenters. The lowest BCUT2D eigenvalue weighted by molar-refractivity contribution is -0.122. The molecule has 33 heavy (non-hydrogen) atoms. The van der Waals surface area contributed by atoms with Gasteiger partial charge in [0.15, 0.2) is 0 Å². The SMILES string of the molecule is CN(c1ccccc1)S(=O)(=O)c1cccc(NC(=O)C2CC(=O)N(c3ccccc3F)C2)c1. The van der Waals surface area contributed by atoms with Crippen molar-refractivity contribution in [2.45, 2.75) is 11.3 Å². The zero-order chi connectivity index (χ0) is 23.6. The molecule has 9 heteroatoms. The highest BCUT2D eigenvalue weighted by atomic mass is 32.2. The largest absolute Gasteiger partial charge is 0.326 e. The Hall–Kier alpha value is -3.72. The molecule has 1 fully saturated rings. The Kier molecular flexibility index (Phi) is 6.15. The van der Waals surface area contributed by atoms with Crippen LogP contribution in [-0.2, 0) is 19.6 Å². The number of carbonyl (C=O) groups excluding carboxylic acids is 2. The van der Waals surface area contributed by atoms with Crippen LogP contribution in [0.3, 0.4) is 0 Å². The standard InChI is InChI=1S/C24H22FN3O4S/c1-27(19-9-3-2-4-10-19)33(31,32)20-11-7-8-18(15-20)26-24(30)17-14-23(29)28(16-17)22-13-6-5-12-21(22)25/h2-13,15,17H,14,16H2,1H3,(H,26,30). The number of anilines is 3. The van der Waals surface area contributed by atoms with Crippen molar-refractivity contribution in [3.63, 3.8) is 0 Å². The minimum Gasteiger partial charge on any atom is -0.326 e. The molecular formula is C24H22FN3O4S. The summed E-state index contributed by atoms with van der Waals surface area (Å²) in [4.78, 5) is 26.5. The molecule has 3 aromatic carbocycles. The van der Waals surface area contributed by atoms with Gasteiger partial charge >= 0.3 is 0 Å². The van der Waals surface area contributed by atoms with Gasteiger partial charge in [0.1, 0.15) is 5.82 Å². The maximum atomic E-state index is 14.1. The Labute approximate surface area is 191 Å². The second-order valence-corrected chi connectivity index (χ2v) is 9.65. The average Bonchev–Trinajstić information content (AvgIpc) is 3.21. The van der Waals surface area contributed by atoms with Crippen LogP contribution in [-0.4, -0.2) is 33.8 Å². The Bertz CT molecular complexity index is 1300. The van der Waals surface area contributed by atoms with E-state index in [9.17, 15) is 22.4 Å². The molecule has 170 valence electrons. The molecule has 0 spiro atoms. The number of hydrogen-bond donors (Lipinski definition) is 1. The third kappa shape index (κ3) is 4.58. The highest BCUT2D eigenvalue weighted by Gasteiger charge is 2.36. The smallest absolute Gasteiger partial charge is 0.264 e. The molecule has 1 saturated heterocycles. The Balaban J connectivity index is 1.49. The number of halogens is 1. The predicted molar refractivity (Wildman–Crippen MR) is 124 cm³/mol. The van der Waals surface area contributed by atoms with Gasteiger partial charge in [0.05, 0.1) is 22.2 Å². The molecule has 1 N–H and O–H groups in total. The van der Waals surface area contributed by atoms with Gasteiger partial charge in [-0.05, 0) is 42.5 Å². The first-order chi connectivity index (χ1) is 15.8. The molecule has 0 aromatic heterocycles. The first kappa shape index (κ1) is 22.5. The summed E-state index contributed by atoms with van der Waals surface area (Å²) < 4.78 is 41.3. The fraction of sp³-hybridized carbons (Fsp3) is 0.167. The molecule has 0 saturated carbocycles. The van der Waals surface area contributed by atoms with Crippen molar-refractivity contribution in [2.75, 3.05) is 28.1 Å². The number of nitrogens with one attached hydrogen (secondary N) is 1. The molecule has 1 atom stereocenters. The third-order valence-corrected chi connectivity index (χ3v) is 7.30. The second kappa shape index (κ2) is 9.03. The zero-order valence-corrected chi connectivity index (χ0v) is 18.6. The molecule has 0 aliphatic carbocycles. The van der Waals surface area contributed by atoms with Gasteiger partial charge in [0.2, 0.25) is 11.8 Å². The van der Waals surface area contributed by atoms with Crippen LogP contribution >= 0.6 is 0 Å². The van der Waals surface area contributed by atoms with E-state index in [0.29, 0.717) is 11.4 Å². The zero-order valence-electron chi connectivity index (χ0n) is 17.8. The predicted octanol–water partition coefficient (Wildman–Crippen LogP) is 3.64. The monoisotopic (exact) mass is 467 g/mol. The summed E-state index contributed by atoms with van der Waals surface area (Å²) in [5.74, 6) is -2.01. The van der Waals surface area contributed by atoms with Gasteiger partial charge in [-0.3, -0.25) is 13.9 Å². The second-order valence-electron chi connectivity index (χ2n) is 7.68. The van der Waals surface area contributed by atoms with Crippen molar-refractivity contribution in [2.24, 2.45) is 5.92 Å². The van der Waals surface area contributed by atoms with Crippen molar-refractivity contribution in [3.05, 3.63) is 84.7 Å². The highest BCUT2D eigenvalue weighted by Crippen LogP contribution is 2.29. The van der Waals surface area contributed by atoms with Gasteiger partial charge < -0.3 is 10.2 Å². The first-order valence-corrected chi connectivity index (χ1v) is 11.7. The molecule has 7 nitrogen and oxygen atoms in total. The minimum atomic E-state index is -3.85. The van der Waals surface area contributed by atoms with Gasteiger partial charge in [-0.2, -0.15) is 0 Å². The maximum Gasteiger partial charge on any atom is 0.264 e. The quantitative estimate of drug-likeness (QED) is 0.600. The minimum absolute atomic E-state index is 0.0159. The Morgan fingerprint density at radius 3 is 2.45 bits per heavy atom. The van der Waals surface area contributed by atoms with E-state index in [1.54, 1.807) is 42.5 Å². The van der Waals surface area contributed by atoms with Crippen molar-refractivity contribution < 1.29 is 22.4 Å². The summed E-state index contributed by atoms with van der Waals surface area (Å²) in [6.07, 6.45) is -0.0606. The molecular weight excluding hydrogens is 445 g/mol. The number of carbonyl (C=O) groups is 2. The van der Waals surface area contributed by atoms with Crippen LogP contribution in [0.4, 0.5) is 21.5 Å². The van der Waals surface area contributed by atoms with Gasteiger partial charge in [-0.1, -0.05) is 36.4 Å². The number of hydrogen-bond acceptors (Lipinski definition) is 4. The molecule has 3 aromatic rings. The van der Waals surface area contributed by atoms with Crippen molar-refractivity contribution >= 4 is 38.9 Å². The summed E-state index contributed by atoms with van der Waals surface area (Å²) in [6.45, 7) is 0.0420. The molecule has 4 rings (SSSR count). The molecule has 0 bridgehead atoms. The fourth-order valence-electron chi connectivity index (χ4n) is 3.70. The lowest BCUT2D eigenvalue weighted by atomic mass is 10.1. The van der Waals surface area contributed by atoms with Gasteiger partial charge in [0.25, 0.3) is 10.0 Å². The number of benzene rings is 3. The molecule has 1 heterocycles. The topological polar surface area (TPSA) is 86.8 Å². The van der Waals surface area contributed by atoms with Crippen LogP contribution in [0.5, 0.6) is 0 Å². The average molecular weight is 468 g/mol. The van der Waals surface area contributed by atoms with Crippen molar-refractivity contribution in [1.82, 2.24) is 0 Å². The van der Waals surface area contributed by atoms with E-state index in [4.69, 9.17) is 0 Å². The number of para-hydroxylation sites is 2. The van der Waals surface area contributed by atoms with Crippen LogP contribution in [0.1, 0.15) is 6.42 Å². The Morgan fingerprint density at radius 2 is 1.73 bits per heavy atom. The molecule has 1 aliphatic heterocycles. The van der Waals surface area contributed by atoms with Crippen LogP contribution < -0.4 is 14.5 Å². The van der Waals surface area contributed by atoms with Crippen LogP contribution in [0, 0.1) is 11.7 Å². The van der Waals surface area contributed by atoms with E-state index in [2.05, 4.69) is 5.32 Å². The normalized spacial score (nSPS) is 16.0. The molecule has 0 radical (unpaired) electrons. The summed E-state index contributed by atoms with van der Waals surface area (Å²) in [5, 5.41) is 2.69. The highest BCUT2D eigenvalue weighted by molar-refractivity contribution is 7.92. The first-order valence-electron chi connectivity index (χ1n) is 10.3. The van der Waals surface area contributed by atoms with E-state index >= 15 is 0 Å². The lowest BCUT2D eigenvalue weighted by Crippen LogP contribution is -2.29. The maximum absolute atomic E-state index is 14.1. The fourth-order valence-corrected chi connectivity index (χ4v) is 4.94. The summed E-state index contributed by atoms with van der Waals surface area (Å²) in [6, 6.07) is 20.5. The van der Waals surface area contributed by atoms with Crippen LogP contribution in [0.15, 0.2) is 83.8 Å². The van der Waals surface area contributed by atoms with Gasteiger partial charge in [-0.25, -0.2) is 12.8 Å². The summed E-state index contributed by atoms with van der Waals surface area (Å²) in [7, 11) is -2.39. The van der Waals surface area contributed by atoms with E-state index < -0.39 is 27.7 Å². The van der Waals surface area contributed by atoms with Crippen molar-refractivity contribution in [1.29, 1.82) is 0 Å². The molecule has 2 amide bonds. The van der Waals surface area contributed by atoms with E-state index in [1.165, 1.54) is 48.3 Å². The number of sulfonamides is 1.